The summed E-state index contributed by atoms with van der Waals surface area (Å²) in [4.78, 5) is 31.2. The van der Waals surface area contributed by atoms with Crippen LogP contribution in [0.25, 0.3) is 0 Å². The molecular weight excluding hydrogens is 294 g/mol. The molecule has 3 heterocycles. The van der Waals surface area contributed by atoms with E-state index < -0.39 is 0 Å². The SMILES string of the molecule is CN(C)CCN1C(=O)CCC12CCCN(C(=O)C1CCCO1)C2. The molecule has 2 atom stereocenters. The van der Waals surface area contributed by atoms with Crippen LogP contribution in [0.1, 0.15) is 38.5 Å². The van der Waals surface area contributed by atoms with Crippen molar-refractivity contribution in [3.8, 4) is 0 Å². The van der Waals surface area contributed by atoms with Gasteiger partial charge in [-0.1, -0.05) is 0 Å². The van der Waals surface area contributed by atoms with Gasteiger partial charge in [0.25, 0.3) is 5.91 Å². The van der Waals surface area contributed by atoms with E-state index >= 15 is 0 Å². The number of hydrogen-bond donors (Lipinski definition) is 0. The van der Waals surface area contributed by atoms with Crippen molar-refractivity contribution in [1.29, 1.82) is 0 Å². The average molecular weight is 323 g/mol. The van der Waals surface area contributed by atoms with Crippen LogP contribution in [0, 0.1) is 0 Å². The number of carbonyl (C=O) groups excluding carboxylic acids is 2. The molecule has 0 aliphatic carbocycles. The van der Waals surface area contributed by atoms with Crippen LogP contribution in [0.4, 0.5) is 0 Å². The summed E-state index contributed by atoms with van der Waals surface area (Å²) in [6.07, 6.45) is 5.06. The molecule has 1 spiro atoms. The highest BCUT2D eigenvalue weighted by molar-refractivity contribution is 5.83. The Kier molecular flexibility index (Phi) is 4.92. The van der Waals surface area contributed by atoms with E-state index in [1.54, 1.807) is 0 Å². The minimum atomic E-state index is -0.252. The van der Waals surface area contributed by atoms with Crippen molar-refractivity contribution in [3.05, 3.63) is 0 Å². The maximum absolute atomic E-state index is 12.7. The highest BCUT2D eigenvalue weighted by atomic mass is 16.5. The molecule has 130 valence electrons. The third kappa shape index (κ3) is 3.38. The Labute approximate surface area is 138 Å². The molecule has 0 N–H and O–H groups in total. The van der Waals surface area contributed by atoms with E-state index in [1.807, 2.05) is 19.0 Å². The first-order valence-electron chi connectivity index (χ1n) is 8.87. The summed E-state index contributed by atoms with van der Waals surface area (Å²) in [5.74, 6) is 0.381. The molecule has 0 aromatic carbocycles. The molecule has 0 radical (unpaired) electrons. The molecule has 0 aromatic heterocycles. The van der Waals surface area contributed by atoms with Crippen LogP contribution in [0.2, 0.25) is 0 Å². The van der Waals surface area contributed by atoms with Gasteiger partial charge in [-0.25, -0.2) is 0 Å². The van der Waals surface area contributed by atoms with Gasteiger partial charge in [0, 0.05) is 39.2 Å². The van der Waals surface area contributed by atoms with Gasteiger partial charge < -0.3 is 19.4 Å². The number of nitrogens with zero attached hydrogens (tertiary/aromatic N) is 3. The lowest BCUT2D eigenvalue weighted by molar-refractivity contribution is -0.147. The van der Waals surface area contributed by atoms with Gasteiger partial charge in [0.15, 0.2) is 0 Å². The number of likely N-dealkylation sites (N-methyl/N-ethyl adjacent to an activating group) is 1. The lowest BCUT2D eigenvalue weighted by atomic mass is 9.86. The molecule has 23 heavy (non-hydrogen) atoms. The van der Waals surface area contributed by atoms with Crippen LogP contribution < -0.4 is 0 Å². The van der Waals surface area contributed by atoms with Crippen molar-refractivity contribution in [3.63, 3.8) is 0 Å². The lowest BCUT2D eigenvalue weighted by Crippen LogP contribution is -2.59. The average Bonchev–Trinajstić information content (AvgIpc) is 3.15. The van der Waals surface area contributed by atoms with E-state index in [1.165, 1.54) is 0 Å². The Morgan fingerprint density at radius 2 is 2.17 bits per heavy atom. The number of ether oxygens (including phenoxy) is 1. The standard InChI is InChI=1S/C17H29N3O3/c1-18(2)10-11-20-15(21)6-8-17(20)7-4-9-19(13-17)16(22)14-5-3-12-23-14/h14H,3-13H2,1-2H3. The molecule has 6 heteroatoms. The number of carbonyl (C=O) groups is 2. The van der Waals surface area contributed by atoms with Gasteiger partial charge in [0.2, 0.25) is 5.91 Å². The lowest BCUT2D eigenvalue weighted by Gasteiger charge is -2.46. The zero-order valence-corrected chi connectivity index (χ0v) is 14.4. The topological polar surface area (TPSA) is 53.1 Å². The third-order valence-corrected chi connectivity index (χ3v) is 5.52. The summed E-state index contributed by atoms with van der Waals surface area (Å²) in [6, 6.07) is 0. The van der Waals surface area contributed by atoms with Crippen LogP contribution in [-0.4, -0.2) is 85.0 Å². The molecule has 2 unspecified atom stereocenters. The molecule has 0 aromatic rings. The van der Waals surface area contributed by atoms with Crippen LogP contribution in [0.3, 0.4) is 0 Å². The summed E-state index contributed by atoms with van der Waals surface area (Å²) in [5, 5.41) is 0. The second-order valence-electron chi connectivity index (χ2n) is 7.44. The van der Waals surface area contributed by atoms with Crippen molar-refractivity contribution < 1.29 is 14.3 Å². The van der Waals surface area contributed by atoms with Crippen LogP contribution >= 0.6 is 0 Å². The van der Waals surface area contributed by atoms with Crippen molar-refractivity contribution in [1.82, 2.24) is 14.7 Å². The van der Waals surface area contributed by atoms with E-state index in [0.717, 1.165) is 51.7 Å². The molecule has 0 bridgehead atoms. The number of likely N-dealkylation sites (tertiary alicyclic amines) is 2. The molecule has 0 saturated carbocycles. The van der Waals surface area contributed by atoms with E-state index in [0.29, 0.717) is 19.6 Å². The number of amides is 2. The van der Waals surface area contributed by atoms with Gasteiger partial charge in [0.05, 0.1) is 5.54 Å². The third-order valence-electron chi connectivity index (χ3n) is 5.52. The normalized spacial score (nSPS) is 31.6. The summed E-state index contributed by atoms with van der Waals surface area (Å²) in [7, 11) is 4.06. The van der Waals surface area contributed by atoms with E-state index in [2.05, 4.69) is 9.80 Å². The van der Waals surface area contributed by atoms with Gasteiger partial charge in [-0.05, 0) is 46.2 Å². The number of hydrogen-bond acceptors (Lipinski definition) is 4. The molecule has 3 rings (SSSR count). The molecule has 3 saturated heterocycles. The molecule has 2 amide bonds. The summed E-state index contributed by atoms with van der Waals surface area (Å²) >= 11 is 0. The van der Waals surface area contributed by atoms with E-state index in [4.69, 9.17) is 4.74 Å². The minimum absolute atomic E-state index is 0.133. The molecular formula is C17H29N3O3. The number of piperidine rings is 1. The fourth-order valence-corrected chi connectivity index (χ4v) is 4.24. The first-order chi connectivity index (χ1) is 11.0. The van der Waals surface area contributed by atoms with Crippen molar-refractivity contribution >= 4 is 11.8 Å². The number of rotatable bonds is 4. The Morgan fingerprint density at radius 3 is 2.87 bits per heavy atom. The Balaban J connectivity index is 1.69. The van der Waals surface area contributed by atoms with Gasteiger partial charge >= 0.3 is 0 Å². The molecule has 3 fully saturated rings. The summed E-state index contributed by atoms with van der Waals surface area (Å²) in [6.45, 7) is 3.81. The van der Waals surface area contributed by atoms with Crippen molar-refractivity contribution in [2.45, 2.75) is 50.2 Å². The summed E-state index contributed by atoms with van der Waals surface area (Å²) < 4.78 is 5.57. The van der Waals surface area contributed by atoms with Gasteiger partial charge in [-0.15, -0.1) is 0 Å². The van der Waals surface area contributed by atoms with Gasteiger partial charge in [-0.2, -0.15) is 0 Å². The first-order valence-corrected chi connectivity index (χ1v) is 8.87. The predicted molar refractivity (Wildman–Crippen MR) is 87.0 cm³/mol. The minimum Gasteiger partial charge on any atom is -0.368 e. The highest BCUT2D eigenvalue weighted by Gasteiger charge is 2.48. The van der Waals surface area contributed by atoms with E-state index in [-0.39, 0.29) is 23.5 Å². The van der Waals surface area contributed by atoms with Crippen LogP contribution in [-0.2, 0) is 14.3 Å². The predicted octanol–water partition coefficient (Wildman–Crippen LogP) is 0.711. The fourth-order valence-electron chi connectivity index (χ4n) is 4.24. The van der Waals surface area contributed by atoms with Crippen molar-refractivity contribution in [2.24, 2.45) is 0 Å². The Hall–Kier alpha value is -1.14. The van der Waals surface area contributed by atoms with Gasteiger partial charge in [0.1, 0.15) is 6.10 Å². The monoisotopic (exact) mass is 323 g/mol. The molecule has 3 aliphatic rings. The Morgan fingerprint density at radius 1 is 1.35 bits per heavy atom. The highest BCUT2D eigenvalue weighted by Crippen LogP contribution is 2.38. The van der Waals surface area contributed by atoms with Crippen LogP contribution in [0.15, 0.2) is 0 Å². The zero-order valence-electron chi connectivity index (χ0n) is 14.4. The maximum atomic E-state index is 12.7. The molecule has 3 aliphatic heterocycles. The maximum Gasteiger partial charge on any atom is 0.251 e. The summed E-state index contributed by atoms with van der Waals surface area (Å²) in [5.41, 5.74) is -0.139. The Bertz CT molecular complexity index is 462. The van der Waals surface area contributed by atoms with Crippen molar-refractivity contribution in [2.75, 3.05) is 46.9 Å². The second-order valence-corrected chi connectivity index (χ2v) is 7.44. The molecule has 6 nitrogen and oxygen atoms in total. The van der Waals surface area contributed by atoms with Gasteiger partial charge in [-0.3, -0.25) is 9.59 Å². The second kappa shape index (κ2) is 6.77. The first kappa shape index (κ1) is 16.7. The quantitative estimate of drug-likeness (QED) is 0.765. The zero-order chi connectivity index (χ0) is 16.4. The smallest absolute Gasteiger partial charge is 0.251 e. The largest absolute Gasteiger partial charge is 0.368 e. The van der Waals surface area contributed by atoms with Crippen LogP contribution in [0.5, 0.6) is 0 Å². The van der Waals surface area contributed by atoms with E-state index in [9.17, 15) is 9.59 Å². The fraction of sp³-hybridized carbons (Fsp3) is 0.882.